The summed E-state index contributed by atoms with van der Waals surface area (Å²) in [4.78, 5) is 0.596. The maximum absolute atomic E-state index is 5.21. The SMILES string of the molecule is COCC1CC(Br)C(c2cnsc2)C1. The minimum Gasteiger partial charge on any atom is -0.384 e. The van der Waals surface area contributed by atoms with Crippen LogP contribution in [0.4, 0.5) is 0 Å². The van der Waals surface area contributed by atoms with Crippen LogP contribution in [0.3, 0.4) is 0 Å². The number of hydrogen-bond acceptors (Lipinski definition) is 3. The second-order valence-corrected chi connectivity index (χ2v) is 5.71. The second-order valence-electron chi connectivity index (χ2n) is 3.87. The van der Waals surface area contributed by atoms with E-state index in [1.54, 1.807) is 18.6 Å². The molecule has 1 heterocycles. The van der Waals surface area contributed by atoms with Crippen molar-refractivity contribution < 1.29 is 4.74 Å². The normalized spacial score (nSPS) is 32.3. The molecule has 1 saturated carbocycles. The molecule has 1 fully saturated rings. The highest BCUT2D eigenvalue weighted by Gasteiger charge is 2.33. The zero-order valence-corrected chi connectivity index (χ0v) is 10.6. The maximum Gasteiger partial charge on any atom is 0.0491 e. The van der Waals surface area contributed by atoms with Crippen molar-refractivity contribution in [3.8, 4) is 0 Å². The summed E-state index contributed by atoms with van der Waals surface area (Å²) in [6.07, 6.45) is 4.44. The van der Waals surface area contributed by atoms with Gasteiger partial charge in [0.25, 0.3) is 0 Å². The minimum atomic E-state index is 0.596. The van der Waals surface area contributed by atoms with E-state index in [1.807, 2.05) is 6.20 Å². The molecule has 14 heavy (non-hydrogen) atoms. The summed E-state index contributed by atoms with van der Waals surface area (Å²) in [5.74, 6) is 1.34. The van der Waals surface area contributed by atoms with Crippen LogP contribution in [0, 0.1) is 5.92 Å². The van der Waals surface area contributed by atoms with E-state index in [4.69, 9.17) is 4.74 Å². The van der Waals surface area contributed by atoms with Crippen LogP contribution in [-0.4, -0.2) is 22.9 Å². The Morgan fingerprint density at radius 1 is 1.64 bits per heavy atom. The lowest BCUT2D eigenvalue weighted by Crippen LogP contribution is -2.03. The summed E-state index contributed by atoms with van der Waals surface area (Å²) in [6, 6.07) is 0. The van der Waals surface area contributed by atoms with Crippen LogP contribution < -0.4 is 0 Å². The number of alkyl halides is 1. The van der Waals surface area contributed by atoms with Gasteiger partial charge in [0.2, 0.25) is 0 Å². The zero-order chi connectivity index (χ0) is 9.97. The van der Waals surface area contributed by atoms with E-state index in [2.05, 4.69) is 25.7 Å². The lowest BCUT2D eigenvalue weighted by atomic mass is 10.00. The van der Waals surface area contributed by atoms with Gasteiger partial charge in [0.1, 0.15) is 0 Å². The van der Waals surface area contributed by atoms with Gasteiger partial charge >= 0.3 is 0 Å². The molecule has 0 amide bonds. The van der Waals surface area contributed by atoms with E-state index in [0.717, 1.165) is 6.61 Å². The first-order chi connectivity index (χ1) is 6.81. The minimum absolute atomic E-state index is 0.596. The second kappa shape index (κ2) is 4.73. The van der Waals surface area contributed by atoms with Crippen molar-refractivity contribution in [2.45, 2.75) is 23.6 Å². The van der Waals surface area contributed by atoms with Crippen LogP contribution in [0.5, 0.6) is 0 Å². The van der Waals surface area contributed by atoms with Crippen molar-refractivity contribution in [1.82, 2.24) is 4.37 Å². The standard InChI is InChI=1S/C10H14BrNOS/c1-13-5-7-2-9(10(11)3-7)8-4-12-14-6-8/h4,6-7,9-10H,2-3,5H2,1H3. The summed E-state index contributed by atoms with van der Waals surface area (Å²) in [6.45, 7) is 0.885. The molecule has 0 aromatic carbocycles. The summed E-state index contributed by atoms with van der Waals surface area (Å²) in [7, 11) is 1.78. The molecule has 0 spiro atoms. The third kappa shape index (κ3) is 2.18. The van der Waals surface area contributed by atoms with Gasteiger partial charge in [0.15, 0.2) is 0 Å². The molecule has 0 aliphatic heterocycles. The predicted octanol–water partition coefficient (Wildman–Crippen LogP) is 3.05. The van der Waals surface area contributed by atoms with Crippen LogP contribution in [0.1, 0.15) is 24.3 Å². The number of hydrogen-bond donors (Lipinski definition) is 0. The molecule has 1 aliphatic rings. The molecule has 1 aliphatic carbocycles. The molecule has 2 nitrogen and oxygen atoms in total. The molecule has 1 aromatic rings. The Morgan fingerprint density at radius 2 is 2.50 bits per heavy atom. The van der Waals surface area contributed by atoms with Crippen molar-refractivity contribution >= 4 is 27.5 Å². The average molecular weight is 276 g/mol. The molecule has 4 heteroatoms. The van der Waals surface area contributed by atoms with E-state index in [0.29, 0.717) is 16.7 Å². The highest BCUT2D eigenvalue weighted by Crippen LogP contribution is 2.42. The Kier molecular flexibility index (Phi) is 3.57. The molecule has 3 unspecified atom stereocenters. The van der Waals surface area contributed by atoms with Crippen LogP contribution in [-0.2, 0) is 4.74 Å². The number of rotatable bonds is 3. The molecule has 1 aromatic heterocycles. The quantitative estimate of drug-likeness (QED) is 0.792. The van der Waals surface area contributed by atoms with Crippen LogP contribution in [0.2, 0.25) is 0 Å². The molecule has 0 bridgehead atoms. The topological polar surface area (TPSA) is 22.1 Å². The van der Waals surface area contributed by atoms with Gasteiger partial charge in [0, 0.05) is 30.1 Å². The number of ether oxygens (including phenoxy) is 1. The van der Waals surface area contributed by atoms with Gasteiger partial charge in [-0.3, -0.25) is 0 Å². The number of halogens is 1. The molecule has 0 radical (unpaired) electrons. The first kappa shape index (κ1) is 10.6. The lowest BCUT2D eigenvalue weighted by molar-refractivity contribution is 0.154. The Bertz CT molecular complexity index is 278. The Hall–Kier alpha value is 0.0700. The van der Waals surface area contributed by atoms with E-state index >= 15 is 0 Å². The first-order valence-corrected chi connectivity index (χ1v) is 6.58. The van der Waals surface area contributed by atoms with Crippen LogP contribution in [0.15, 0.2) is 11.6 Å². The Balaban J connectivity index is 2.01. The van der Waals surface area contributed by atoms with Crippen LogP contribution in [0.25, 0.3) is 0 Å². The summed E-state index contributed by atoms with van der Waals surface area (Å²) in [5, 5.41) is 2.16. The van der Waals surface area contributed by atoms with E-state index in [-0.39, 0.29) is 0 Å². The fourth-order valence-electron chi connectivity index (χ4n) is 2.20. The maximum atomic E-state index is 5.21. The smallest absolute Gasteiger partial charge is 0.0491 e. The number of aromatic nitrogens is 1. The van der Waals surface area contributed by atoms with Gasteiger partial charge in [-0.2, -0.15) is 0 Å². The van der Waals surface area contributed by atoms with E-state index in [9.17, 15) is 0 Å². The van der Waals surface area contributed by atoms with E-state index in [1.165, 1.54) is 18.4 Å². The molecule has 0 saturated heterocycles. The fraction of sp³-hybridized carbons (Fsp3) is 0.700. The third-order valence-corrected chi connectivity index (χ3v) is 4.48. The summed E-state index contributed by atoms with van der Waals surface area (Å²) in [5.41, 5.74) is 1.38. The largest absolute Gasteiger partial charge is 0.384 e. The van der Waals surface area contributed by atoms with Gasteiger partial charge in [0.05, 0.1) is 0 Å². The molecular weight excluding hydrogens is 262 g/mol. The average Bonchev–Trinajstić information content (AvgIpc) is 2.74. The van der Waals surface area contributed by atoms with Gasteiger partial charge < -0.3 is 4.74 Å². The first-order valence-electron chi connectivity index (χ1n) is 4.83. The van der Waals surface area contributed by atoms with Gasteiger partial charge in [-0.05, 0) is 41.8 Å². The van der Waals surface area contributed by atoms with Crippen molar-refractivity contribution in [2.75, 3.05) is 13.7 Å². The molecule has 2 rings (SSSR count). The van der Waals surface area contributed by atoms with Gasteiger partial charge in [-0.1, -0.05) is 15.9 Å². The molecule has 3 atom stereocenters. The van der Waals surface area contributed by atoms with Crippen molar-refractivity contribution in [3.05, 3.63) is 17.1 Å². The van der Waals surface area contributed by atoms with Crippen molar-refractivity contribution in [1.29, 1.82) is 0 Å². The summed E-state index contributed by atoms with van der Waals surface area (Å²) < 4.78 is 9.37. The van der Waals surface area contributed by atoms with Gasteiger partial charge in [-0.15, -0.1) is 0 Å². The zero-order valence-electron chi connectivity index (χ0n) is 8.15. The number of methoxy groups -OCH3 is 1. The van der Waals surface area contributed by atoms with Gasteiger partial charge in [-0.25, -0.2) is 4.37 Å². The molecular formula is C10H14BrNOS. The monoisotopic (exact) mass is 275 g/mol. The predicted molar refractivity (Wildman–Crippen MR) is 62.2 cm³/mol. The third-order valence-electron chi connectivity index (χ3n) is 2.86. The van der Waals surface area contributed by atoms with Crippen LogP contribution >= 0.6 is 27.5 Å². The lowest BCUT2D eigenvalue weighted by Gasteiger charge is -2.10. The molecule has 78 valence electrons. The highest BCUT2D eigenvalue weighted by molar-refractivity contribution is 9.09. The Morgan fingerprint density at radius 3 is 3.14 bits per heavy atom. The van der Waals surface area contributed by atoms with E-state index < -0.39 is 0 Å². The fourth-order valence-corrected chi connectivity index (χ4v) is 3.85. The highest BCUT2D eigenvalue weighted by atomic mass is 79.9. The number of nitrogens with zero attached hydrogens (tertiary/aromatic N) is 1. The van der Waals surface area contributed by atoms with Crippen molar-refractivity contribution in [2.24, 2.45) is 5.92 Å². The Labute approximate surface area is 97.0 Å². The van der Waals surface area contributed by atoms with Crippen molar-refractivity contribution in [3.63, 3.8) is 0 Å². The molecule has 0 N–H and O–H groups in total. The summed E-state index contributed by atoms with van der Waals surface area (Å²) >= 11 is 5.30.